The highest BCUT2D eigenvalue weighted by atomic mass is 16.5. The molecule has 0 fully saturated rings. The molecule has 0 saturated carbocycles. The van der Waals surface area contributed by atoms with Crippen molar-refractivity contribution >= 4 is 11.9 Å². The fraction of sp³-hybridized carbons (Fsp3) is 0.300. The Morgan fingerprint density at radius 1 is 1.08 bits per heavy atom. The molecule has 0 aliphatic rings. The Morgan fingerprint density at radius 2 is 1.80 bits per heavy atom. The molecule has 1 atom stereocenters. The van der Waals surface area contributed by atoms with E-state index in [-0.39, 0.29) is 18.6 Å². The lowest BCUT2D eigenvalue weighted by atomic mass is 10.0. The lowest BCUT2D eigenvalue weighted by Gasteiger charge is -2.16. The second kappa shape index (κ2) is 8.33. The minimum Gasteiger partial charge on any atom is -0.496 e. The molecule has 1 N–H and O–H groups in total. The Hall–Kier alpha value is -2.82. The number of benzene rings is 2. The zero-order valence-electron chi connectivity index (χ0n) is 15.0. The van der Waals surface area contributed by atoms with Gasteiger partial charge in [-0.15, -0.1) is 0 Å². The number of hydrogen-bond donors (Lipinski definition) is 1. The van der Waals surface area contributed by atoms with Crippen molar-refractivity contribution < 1.29 is 19.1 Å². The van der Waals surface area contributed by atoms with Crippen molar-refractivity contribution in [2.24, 2.45) is 0 Å². The van der Waals surface area contributed by atoms with Gasteiger partial charge in [0.25, 0.3) is 5.91 Å². The SMILES string of the molecule is COc1ccccc1C(=O)OCC(=O)N[C@@H](C)c1ccc(C)c(C)c1. The van der Waals surface area contributed by atoms with Crippen LogP contribution >= 0.6 is 0 Å². The molecule has 0 spiro atoms. The Morgan fingerprint density at radius 3 is 2.48 bits per heavy atom. The summed E-state index contributed by atoms with van der Waals surface area (Å²) in [6, 6.07) is 12.6. The van der Waals surface area contributed by atoms with Gasteiger partial charge in [0.15, 0.2) is 6.61 Å². The van der Waals surface area contributed by atoms with Crippen LogP contribution in [0.5, 0.6) is 5.75 Å². The van der Waals surface area contributed by atoms with Gasteiger partial charge in [0, 0.05) is 0 Å². The topological polar surface area (TPSA) is 64.6 Å². The summed E-state index contributed by atoms with van der Waals surface area (Å²) in [5.41, 5.74) is 3.67. The number of methoxy groups -OCH3 is 1. The predicted octanol–water partition coefficient (Wildman–Crippen LogP) is 3.35. The van der Waals surface area contributed by atoms with Gasteiger partial charge in [-0.25, -0.2) is 4.79 Å². The van der Waals surface area contributed by atoms with E-state index >= 15 is 0 Å². The van der Waals surface area contributed by atoms with Crippen molar-refractivity contribution in [1.82, 2.24) is 5.32 Å². The number of amides is 1. The van der Waals surface area contributed by atoms with Crippen LogP contribution < -0.4 is 10.1 Å². The predicted molar refractivity (Wildman–Crippen MR) is 95.8 cm³/mol. The van der Waals surface area contributed by atoms with E-state index in [2.05, 4.69) is 5.32 Å². The highest BCUT2D eigenvalue weighted by Gasteiger charge is 2.16. The van der Waals surface area contributed by atoms with Crippen molar-refractivity contribution in [3.8, 4) is 5.75 Å². The number of carbonyl (C=O) groups is 2. The lowest BCUT2D eigenvalue weighted by molar-refractivity contribution is -0.124. The standard InChI is InChI=1S/C20H23NO4/c1-13-9-10-16(11-14(13)2)15(3)21-19(22)12-25-20(23)17-7-5-6-8-18(17)24-4/h5-11,15H,12H2,1-4H3,(H,21,22)/t15-/m0/s1. The van der Waals surface area contributed by atoms with Crippen molar-refractivity contribution in [3.63, 3.8) is 0 Å². The molecule has 0 heterocycles. The number of carbonyl (C=O) groups excluding carboxylic acids is 2. The molecule has 5 heteroatoms. The quantitative estimate of drug-likeness (QED) is 0.819. The van der Waals surface area contributed by atoms with E-state index in [0.29, 0.717) is 11.3 Å². The van der Waals surface area contributed by atoms with E-state index in [9.17, 15) is 9.59 Å². The lowest BCUT2D eigenvalue weighted by Crippen LogP contribution is -2.31. The van der Waals surface area contributed by atoms with E-state index < -0.39 is 5.97 Å². The minimum atomic E-state index is -0.591. The fourth-order valence-corrected chi connectivity index (χ4v) is 2.42. The Balaban J connectivity index is 1.91. The molecule has 0 saturated heterocycles. The number of nitrogens with one attached hydrogen (secondary N) is 1. The summed E-state index contributed by atoms with van der Waals surface area (Å²) in [6.45, 7) is 5.62. The molecule has 0 aromatic heterocycles. The van der Waals surface area contributed by atoms with Crippen LogP contribution in [0.3, 0.4) is 0 Å². The maximum absolute atomic E-state index is 12.1. The Bertz CT molecular complexity index is 770. The number of rotatable bonds is 6. The average Bonchev–Trinajstić information content (AvgIpc) is 2.61. The van der Waals surface area contributed by atoms with E-state index in [1.807, 2.05) is 39.0 Å². The first-order valence-electron chi connectivity index (χ1n) is 8.09. The highest BCUT2D eigenvalue weighted by Crippen LogP contribution is 2.19. The third kappa shape index (κ3) is 4.83. The molecule has 5 nitrogen and oxygen atoms in total. The molecule has 1 amide bonds. The Kier molecular flexibility index (Phi) is 6.17. The number of aryl methyl sites for hydroxylation is 2. The summed E-state index contributed by atoms with van der Waals surface area (Å²) in [4.78, 5) is 24.1. The van der Waals surface area contributed by atoms with Crippen LogP contribution in [0.15, 0.2) is 42.5 Å². The molecule has 25 heavy (non-hydrogen) atoms. The number of hydrogen-bond acceptors (Lipinski definition) is 4. The van der Waals surface area contributed by atoms with Gasteiger partial charge in [0.2, 0.25) is 0 Å². The fourth-order valence-electron chi connectivity index (χ4n) is 2.42. The zero-order chi connectivity index (χ0) is 18.4. The Labute approximate surface area is 148 Å². The van der Waals surface area contributed by atoms with Crippen LogP contribution in [-0.4, -0.2) is 25.6 Å². The van der Waals surface area contributed by atoms with Crippen LogP contribution in [0.1, 0.15) is 40.0 Å². The van der Waals surface area contributed by atoms with Gasteiger partial charge in [0.05, 0.1) is 13.2 Å². The van der Waals surface area contributed by atoms with Crippen LogP contribution in [0.2, 0.25) is 0 Å². The van der Waals surface area contributed by atoms with Crippen LogP contribution in [-0.2, 0) is 9.53 Å². The third-order valence-electron chi connectivity index (χ3n) is 4.07. The summed E-state index contributed by atoms with van der Waals surface area (Å²) in [5, 5.41) is 2.83. The van der Waals surface area contributed by atoms with Crippen molar-refractivity contribution in [2.45, 2.75) is 26.8 Å². The average molecular weight is 341 g/mol. The summed E-state index contributed by atoms with van der Waals surface area (Å²) >= 11 is 0. The van der Waals surface area contributed by atoms with Crippen molar-refractivity contribution in [1.29, 1.82) is 0 Å². The van der Waals surface area contributed by atoms with E-state index in [1.54, 1.807) is 24.3 Å². The minimum absolute atomic E-state index is 0.170. The summed E-state index contributed by atoms with van der Waals surface area (Å²) in [7, 11) is 1.48. The van der Waals surface area contributed by atoms with Gasteiger partial charge >= 0.3 is 5.97 Å². The van der Waals surface area contributed by atoms with Crippen LogP contribution in [0.25, 0.3) is 0 Å². The summed E-state index contributed by atoms with van der Waals surface area (Å²) < 4.78 is 10.2. The third-order valence-corrected chi connectivity index (χ3v) is 4.07. The molecular weight excluding hydrogens is 318 g/mol. The molecular formula is C20H23NO4. The monoisotopic (exact) mass is 341 g/mol. The first kappa shape index (κ1) is 18.5. The molecule has 0 bridgehead atoms. The zero-order valence-corrected chi connectivity index (χ0v) is 15.0. The second-order valence-electron chi connectivity index (χ2n) is 5.91. The van der Waals surface area contributed by atoms with E-state index in [1.165, 1.54) is 18.2 Å². The molecule has 2 rings (SSSR count). The first-order chi connectivity index (χ1) is 11.9. The molecule has 0 unspecified atom stereocenters. The maximum atomic E-state index is 12.1. The largest absolute Gasteiger partial charge is 0.496 e. The van der Waals surface area contributed by atoms with Gasteiger partial charge in [0.1, 0.15) is 11.3 Å². The van der Waals surface area contributed by atoms with Gasteiger partial charge < -0.3 is 14.8 Å². The molecule has 0 aliphatic heterocycles. The molecule has 0 radical (unpaired) electrons. The normalized spacial score (nSPS) is 11.5. The summed E-state index contributed by atoms with van der Waals surface area (Å²) in [6.07, 6.45) is 0. The smallest absolute Gasteiger partial charge is 0.342 e. The molecule has 0 aliphatic carbocycles. The van der Waals surface area contributed by atoms with E-state index in [4.69, 9.17) is 9.47 Å². The van der Waals surface area contributed by atoms with Gasteiger partial charge in [-0.2, -0.15) is 0 Å². The van der Waals surface area contributed by atoms with Gasteiger partial charge in [-0.3, -0.25) is 4.79 Å². The van der Waals surface area contributed by atoms with Gasteiger partial charge in [-0.05, 0) is 49.6 Å². The number of ether oxygens (including phenoxy) is 2. The van der Waals surface area contributed by atoms with Crippen molar-refractivity contribution in [2.75, 3.05) is 13.7 Å². The van der Waals surface area contributed by atoms with Crippen molar-refractivity contribution in [3.05, 3.63) is 64.7 Å². The second-order valence-corrected chi connectivity index (χ2v) is 5.91. The van der Waals surface area contributed by atoms with E-state index in [0.717, 1.165) is 5.56 Å². The molecule has 2 aromatic rings. The van der Waals surface area contributed by atoms with Crippen LogP contribution in [0, 0.1) is 13.8 Å². The summed E-state index contributed by atoms with van der Waals surface area (Å²) in [5.74, 6) is -0.531. The maximum Gasteiger partial charge on any atom is 0.342 e. The van der Waals surface area contributed by atoms with Gasteiger partial charge in [-0.1, -0.05) is 30.3 Å². The number of esters is 1. The number of para-hydroxylation sites is 1. The highest BCUT2D eigenvalue weighted by molar-refractivity contribution is 5.94. The first-order valence-corrected chi connectivity index (χ1v) is 8.09. The molecule has 2 aromatic carbocycles. The molecule has 132 valence electrons. The van der Waals surface area contributed by atoms with Crippen LogP contribution in [0.4, 0.5) is 0 Å².